The third-order valence-corrected chi connectivity index (χ3v) is 4.22. The second-order valence-electron chi connectivity index (χ2n) is 4.35. The van der Waals surface area contributed by atoms with E-state index in [1.807, 2.05) is 18.3 Å². The van der Waals surface area contributed by atoms with Crippen LogP contribution >= 0.6 is 11.3 Å². The summed E-state index contributed by atoms with van der Waals surface area (Å²) >= 11 is 1.78. The van der Waals surface area contributed by atoms with Crippen molar-refractivity contribution in [1.82, 2.24) is 4.98 Å². The Hall–Kier alpha value is -1.71. The summed E-state index contributed by atoms with van der Waals surface area (Å²) in [7, 11) is 0. The van der Waals surface area contributed by atoms with Crippen LogP contribution in [-0.4, -0.2) is 4.98 Å². The van der Waals surface area contributed by atoms with Gasteiger partial charge in [0.05, 0.1) is 10.6 Å². The fraction of sp³-hybridized carbons (Fsp3) is 0.133. The Kier molecular flexibility index (Phi) is 2.86. The van der Waals surface area contributed by atoms with Crippen molar-refractivity contribution in [1.29, 1.82) is 0 Å². The summed E-state index contributed by atoms with van der Waals surface area (Å²) in [4.78, 5) is 5.69. The van der Waals surface area contributed by atoms with Crippen LogP contribution in [0.5, 0.6) is 0 Å². The number of rotatable bonds is 2. The summed E-state index contributed by atoms with van der Waals surface area (Å²) in [5, 5.41) is 1.32. The third-order valence-electron chi connectivity index (χ3n) is 3.09. The fourth-order valence-electron chi connectivity index (χ4n) is 2.02. The number of aryl methyl sites for hydroxylation is 1. The standard InChI is InChI=1S/C15H14N2S/c1-10-3-2-4-14-12(10)7-15(18-14)13-6-5-11(8-16)9-17-13/h2-7,9H,8,16H2,1H3. The molecule has 2 aromatic heterocycles. The molecule has 0 spiro atoms. The molecule has 3 rings (SSSR count). The van der Waals surface area contributed by atoms with E-state index in [2.05, 4.69) is 36.2 Å². The van der Waals surface area contributed by atoms with E-state index in [1.54, 1.807) is 11.3 Å². The molecule has 2 nitrogen and oxygen atoms in total. The van der Waals surface area contributed by atoms with Gasteiger partial charge in [-0.3, -0.25) is 4.98 Å². The van der Waals surface area contributed by atoms with Crippen LogP contribution in [0.2, 0.25) is 0 Å². The minimum atomic E-state index is 0.540. The van der Waals surface area contributed by atoms with Gasteiger partial charge < -0.3 is 5.73 Å². The number of hydrogen-bond acceptors (Lipinski definition) is 3. The van der Waals surface area contributed by atoms with Gasteiger partial charge in [-0.1, -0.05) is 18.2 Å². The Balaban J connectivity index is 2.10. The molecule has 0 aliphatic carbocycles. The third kappa shape index (κ3) is 1.92. The number of hydrogen-bond donors (Lipinski definition) is 1. The molecule has 0 unspecified atom stereocenters. The minimum Gasteiger partial charge on any atom is -0.326 e. The predicted octanol–water partition coefficient (Wildman–Crippen LogP) is 3.73. The quantitative estimate of drug-likeness (QED) is 0.756. The van der Waals surface area contributed by atoms with Gasteiger partial charge in [-0.15, -0.1) is 11.3 Å². The Morgan fingerprint density at radius 2 is 2.11 bits per heavy atom. The highest BCUT2D eigenvalue weighted by molar-refractivity contribution is 7.22. The number of nitrogens with two attached hydrogens (primary N) is 1. The van der Waals surface area contributed by atoms with E-state index in [1.165, 1.54) is 20.5 Å². The van der Waals surface area contributed by atoms with E-state index >= 15 is 0 Å². The van der Waals surface area contributed by atoms with Gasteiger partial charge in [0.1, 0.15) is 0 Å². The zero-order chi connectivity index (χ0) is 12.5. The summed E-state index contributed by atoms with van der Waals surface area (Å²) in [5.74, 6) is 0. The normalized spacial score (nSPS) is 11.0. The summed E-state index contributed by atoms with van der Waals surface area (Å²) in [6.45, 7) is 2.68. The van der Waals surface area contributed by atoms with Gasteiger partial charge >= 0.3 is 0 Å². The molecule has 0 atom stereocenters. The smallest absolute Gasteiger partial charge is 0.0802 e. The van der Waals surface area contributed by atoms with Crippen molar-refractivity contribution >= 4 is 21.4 Å². The van der Waals surface area contributed by atoms with Crippen LogP contribution < -0.4 is 5.73 Å². The van der Waals surface area contributed by atoms with Crippen molar-refractivity contribution < 1.29 is 0 Å². The minimum absolute atomic E-state index is 0.540. The molecule has 3 heteroatoms. The van der Waals surface area contributed by atoms with Crippen LogP contribution in [0, 0.1) is 6.92 Å². The van der Waals surface area contributed by atoms with Crippen molar-refractivity contribution in [3.8, 4) is 10.6 Å². The molecule has 0 radical (unpaired) electrons. The first-order valence-corrected chi connectivity index (χ1v) is 6.74. The number of nitrogens with zero attached hydrogens (tertiary/aromatic N) is 1. The van der Waals surface area contributed by atoms with E-state index in [4.69, 9.17) is 5.73 Å². The lowest BCUT2D eigenvalue weighted by atomic mass is 10.1. The first-order valence-electron chi connectivity index (χ1n) is 5.92. The van der Waals surface area contributed by atoms with Crippen LogP contribution in [0.3, 0.4) is 0 Å². The molecular weight excluding hydrogens is 240 g/mol. The Morgan fingerprint density at radius 1 is 1.22 bits per heavy atom. The predicted molar refractivity (Wildman–Crippen MR) is 77.7 cm³/mol. The van der Waals surface area contributed by atoms with E-state index < -0.39 is 0 Å². The monoisotopic (exact) mass is 254 g/mol. The van der Waals surface area contributed by atoms with Crippen molar-refractivity contribution in [3.05, 3.63) is 53.7 Å². The molecule has 0 fully saturated rings. The van der Waals surface area contributed by atoms with Gasteiger partial charge in [0.15, 0.2) is 0 Å². The summed E-state index contributed by atoms with van der Waals surface area (Å²) < 4.78 is 1.31. The average molecular weight is 254 g/mol. The fourth-order valence-corrected chi connectivity index (χ4v) is 3.14. The molecule has 2 heterocycles. The molecule has 0 amide bonds. The number of pyridine rings is 1. The zero-order valence-electron chi connectivity index (χ0n) is 10.2. The summed E-state index contributed by atoms with van der Waals surface area (Å²) in [5.41, 5.74) is 8.98. The van der Waals surface area contributed by atoms with Crippen LogP contribution in [0.4, 0.5) is 0 Å². The first-order chi connectivity index (χ1) is 8.78. The number of thiophene rings is 1. The van der Waals surface area contributed by atoms with Crippen LogP contribution in [0.1, 0.15) is 11.1 Å². The maximum Gasteiger partial charge on any atom is 0.0802 e. The summed E-state index contributed by atoms with van der Waals surface area (Å²) in [6.07, 6.45) is 1.85. The van der Waals surface area contributed by atoms with Crippen molar-refractivity contribution in [2.75, 3.05) is 0 Å². The van der Waals surface area contributed by atoms with Gasteiger partial charge in [0.2, 0.25) is 0 Å². The second-order valence-corrected chi connectivity index (χ2v) is 5.44. The average Bonchev–Trinajstić information content (AvgIpc) is 2.84. The zero-order valence-corrected chi connectivity index (χ0v) is 11.0. The maximum absolute atomic E-state index is 5.58. The number of benzene rings is 1. The van der Waals surface area contributed by atoms with Gasteiger partial charge in [-0.05, 0) is 41.6 Å². The lowest BCUT2D eigenvalue weighted by Gasteiger charge is -1.98. The first kappa shape index (κ1) is 11.4. The highest BCUT2D eigenvalue weighted by atomic mass is 32.1. The van der Waals surface area contributed by atoms with Crippen LogP contribution in [0.25, 0.3) is 20.7 Å². The van der Waals surface area contributed by atoms with E-state index in [-0.39, 0.29) is 0 Å². The molecule has 2 N–H and O–H groups in total. The van der Waals surface area contributed by atoms with Gasteiger partial charge in [0.25, 0.3) is 0 Å². The highest BCUT2D eigenvalue weighted by Crippen LogP contribution is 2.33. The molecule has 3 aromatic rings. The van der Waals surface area contributed by atoms with Crippen LogP contribution in [0.15, 0.2) is 42.6 Å². The van der Waals surface area contributed by atoms with Crippen molar-refractivity contribution in [2.45, 2.75) is 13.5 Å². The molecule has 0 saturated heterocycles. The molecule has 18 heavy (non-hydrogen) atoms. The Morgan fingerprint density at radius 3 is 2.78 bits per heavy atom. The number of fused-ring (bicyclic) bond motifs is 1. The molecular formula is C15H14N2S. The Labute approximate surface area is 110 Å². The van der Waals surface area contributed by atoms with E-state index in [0.29, 0.717) is 6.54 Å². The number of aromatic nitrogens is 1. The molecule has 0 aliphatic heterocycles. The molecule has 0 aliphatic rings. The van der Waals surface area contributed by atoms with Crippen LogP contribution in [-0.2, 0) is 6.54 Å². The van der Waals surface area contributed by atoms with Gasteiger partial charge in [0, 0.05) is 17.4 Å². The van der Waals surface area contributed by atoms with E-state index in [9.17, 15) is 0 Å². The van der Waals surface area contributed by atoms with Crippen molar-refractivity contribution in [2.24, 2.45) is 5.73 Å². The lowest BCUT2D eigenvalue weighted by molar-refractivity contribution is 1.05. The molecule has 1 aromatic carbocycles. The highest BCUT2D eigenvalue weighted by Gasteiger charge is 2.06. The molecule has 0 bridgehead atoms. The lowest BCUT2D eigenvalue weighted by Crippen LogP contribution is -1.96. The topological polar surface area (TPSA) is 38.9 Å². The van der Waals surface area contributed by atoms with Crippen molar-refractivity contribution in [3.63, 3.8) is 0 Å². The van der Waals surface area contributed by atoms with Gasteiger partial charge in [-0.2, -0.15) is 0 Å². The maximum atomic E-state index is 5.58. The SMILES string of the molecule is Cc1cccc2sc(-c3ccc(CN)cn3)cc12. The Bertz CT molecular complexity index is 683. The summed E-state index contributed by atoms with van der Waals surface area (Å²) in [6, 6.07) is 12.7. The molecule has 90 valence electrons. The molecule has 0 saturated carbocycles. The second kappa shape index (κ2) is 4.52. The van der Waals surface area contributed by atoms with E-state index in [0.717, 1.165) is 11.3 Å². The largest absolute Gasteiger partial charge is 0.326 e. The van der Waals surface area contributed by atoms with Gasteiger partial charge in [-0.25, -0.2) is 0 Å².